The molecule has 0 atom stereocenters. The van der Waals surface area contributed by atoms with Crippen molar-refractivity contribution in [1.82, 2.24) is 95.2 Å². The van der Waals surface area contributed by atoms with Crippen molar-refractivity contribution in [2.75, 3.05) is 28.8 Å². The number of nitrogen functional groups attached to an aromatic ring is 1. The molecule has 1 aliphatic carbocycles. The van der Waals surface area contributed by atoms with Crippen molar-refractivity contribution in [3.63, 3.8) is 0 Å². The first-order valence-electron chi connectivity index (χ1n) is 38.8. The summed E-state index contributed by atoms with van der Waals surface area (Å²) in [6, 6.07) is 33.9. The average Bonchev–Trinajstić information content (AvgIpc) is 1.65. The molecule has 38 heteroatoms. The zero-order valence-corrected chi connectivity index (χ0v) is 74.3. The van der Waals surface area contributed by atoms with E-state index in [0.717, 1.165) is 103 Å². The van der Waals surface area contributed by atoms with Crippen LogP contribution in [0.5, 0.6) is 5.88 Å². The van der Waals surface area contributed by atoms with Crippen LogP contribution in [0.1, 0.15) is 127 Å². The molecule has 0 spiro atoms. The highest BCUT2D eigenvalue weighted by molar-refractivity contribution is 14.1. The largest absolute Gasteiger partial charge is 0.481 e. The third-order valence-corrected chi connectivity index (χ3v) is 19.6. The van der Waals surface area contributed by atoms with Crippen molar-refractivity contribution in [2.45, 2.75) is 78.6 Å². The lowest BCUT2D eigenvalue weighted by molar-refractivity contribution is -0.114. The molecule has 0 bridgehead atoms. The van der Waals surface area contributed by atoms with Gasteiger partial charge < -0.3 is 35.7 Å². The van der Waals surface area contributed by atoms with Gasteiger partial charge in [0, 0.05) is 84.3 Å². The van der Waals surface area contributed by atoms with Crippen LogP contribution < -0.4 is 31.7 Å². The van der Waals surface area contributed by atoms with Crippen LogP contribution in [0.2, 0.25) is 0 Å². The van der Waals surface area contributed by atoms with Crippen molar-refractivity contribution >= 4 is 212 Å². The molecule has 1 saturated carbocycles. The van der Waals surface area contributed by atoms with Gasteiger partial charge in [-0.1, -0.05) is 60.7 Å². The molecule has 32 nitrogen and oxygen atoms in total. The highest BCUT2D eigenvalue weighted by atomic mass is 127. The molecule has 12 aromatic heterocycles. The number of H-pyrrole nitrogens is 3. The number of aromatic nitrogens is 18. The Labute approximate surface area is 749 Å². The lowest BCUT2D eigenvalue weighted by Crippen LogP contribution is -2.27. The van der Waals surface area contributed by atoms with Crippen LogP contribution in [0.15, 0.2) is 165 Å². The number of halogens is 6. The lowest BCUT2D eigenvalue weighted by Gasteiger charge is -2.19. The Hall–Kier alpha value is -14.7. The number of anilines is 4. The number of amides is 4. The van der Waals surface area contributed by atoms with Gasteiger partial charge in [0.25, 0.3) is 5.91 Å². The number of fused-ring (bicyclic) bond motifs is 6. The summed E-state index contributed by atoms with van der Waals surface area (Å²) in [5, 5.41) is 58.3. The lowest BCUT2D eigenvalue weighted by atomic mass is 10.1. The van der Waals surface area contributed by atoms with Gasteiger partial charge in [-0.25, -0.2) is 61.8 Å². The number of carboxylic acids is 1. The van der Waals surface area contributed by atoms with E-state index in [1.54, 1.807) is 159 Å². The third kappa shape index (κ3) is 25.5. The molecule has 10 N–H and O–H groups in total. The van der Waals surface area contributed by atoms with Gasteiger partial charge in [-0.2, -0.15) is 30.6 Å². The maximum absolute atomic E-state index is 14.3. The van der Waals surface area contributed by atoms with Crippen LogP contribution in [0.25, 0.3) is 114 Å². The van der Waals surface area contributed by atoms with Crippen molar-refractivity contribution in [3.05, 3.63) is 252 Å². The topological polar surface area (TPSA) is 424 Å². The molecule has 0 aliphatic heterocycles. The number of aromatic carboxylic acids is 1. The molecular weight excluding hydrogens is 1860 g/mol. The molecule has 127 heavy (non-hydrogen) atoms. The van der Waals surface area contributed by atoms with Crippen LogP contribution >= 0.6 is 45.2 Å². The minimum atomic E-state index is -1.02. The SMILES string of the molecule is CC(=O)Nc1cc2c(/C=C/c3ccc(F)cc3)n[nH]c2cn1.COc1ccc(/C=C/c2[nH]nc3c(F)cc(C(=O)NC4CC4)cc23)cn1.Cn1nc(/C=C/c2ccc(F)cc2)c2cc(NC(=O)OC(C)(C)C)ncc21.Cn1nc(I)c2cc(C(=O)O)ncc21.Cn1nc(I)c2cc(NC(=O)OC(C)(C)C)ncc21.Nc1cc2c(/C=C/c3ccc(F)cc3)n[nH]c2cn1. The molecule has 0 radical (unpaired) electrons. The predicted molar refractivity (Wildman–Crippen MR) is 496 cm³/mol. The van der Waals surface area contributed by atoms with E-state index >= 15 is 0 Å². The van der Waals surface area contributed by atoms with E-state index in [1.165, 1.54) is 61.7 Å². The van der Waals surface area contributed by atoms with Crippen molar-refractivity contribution in [1.29, 1.82) is 0 Å². The van der Waals surface area contributed by atoms with E-state index in [9.17, 15) is 41.5 Å². The summed E-state index contributed by atoms with van der Waals surface area (Å²) < 4.78 is 75.2. The third-order valence-electron chi connectivity index (χ3n) is 18.0. The summed E-state index contributed by atoms with van der Waals surface area (Å²) in [7, 11) is 7.03. The number of hydrogen-bond acceptors (Lipinski definition) is 21. The van der Waals surface area contributed by atoms with Crippen molar-refractivity contribution in [3.8, 4) is 5.88 Å². The van der Waals surface area contributed by atoms with E-state index in [2.05, 4.69) is 142 Å². The number of benzene rings is 4. The molecule has 17 rings (SSSR count). The molecule has 0 saturated heterocycles. The maximum Gasteiger partial charge on any atom is 0.413 e. The van der Waals surface area contributed by atoms with Gasteiger partial charge >= 0.3 is 18.2 Å². The number of aromatic amines is 3. The number of carboxylic acid groups (broad SMARTS) is 1. The Kier molecular flexibility index (Phi) is 29.3. The van der Waals surface area contributed by atoms with Gasteiger partial charge in [0.2, 0.25) is 11.8 Å². The summed E-state index contributed by atoms with van der Waals surface area (Å²) in [6.45, 7) is 12.2. The van der Waals surface area contributed by atoms with E-state index in [-0.39, 0.29) is 46.5 Å². The Morgan fingerprint density at radius 2 is 0.937 bits per heavy atom. The van der Waals surface area contributed by atoms with E-state index < -0.39 is 35.2 Å². The number of nitrogens with zero attached hydrogens (tertiary/aromatic N) is 15. The number of nitrogens with two attached hydrogens (primary N) is 1. The number of aryl methyl sites for hydroxylation is 3. The summed E-state index contributed by atoms with van der Waals surface area (Å²) in [4.78, 5) is 82.1. The van der Waals surface area contributed by atoms with Gasteiger partial charge in [-0.15, -0.1) is 0 Å². The average molecular weight is 1950 g/mol. The fraction of sp³-hybridized carbons (Fsp3) is 0.180. The van der Waals surface area contributed by atoms with Gasteiger partial charge in [-0.05, 0) is 231 Å². The summed E-state index contributed by atoms with van der Waals surface area (Å²) in [5.74, 6) is -0.506. The summed E-state index contributed by atoms with van der Waals surface area (Å²) >= 11 is 4.21. The predicted octanol–water partition coefficient (Wildman–Crippen LogP) is 18.1. The molecule has 1 fully saturated rings. The summed E-state index contributed by atoms with van der Waals surface area (Å²) in [5.41, 5.74) is 15.6. The Morgan fingerprint density at radius 1 is 0.488 bits per heavy atom. The molecule has 16 aromatic rings. The first kappa shape index (κ1) is 91.5. The van der Waals surface area contributed by atoms with Gasteiger partial charge in [-0.3, -0.25) is 49.6 Å². The number of methoxy groups -OCH3 is 1. The normalized spacial score (nSPS) is 12.0. The van der Waals surface area contributed by atoms with E-state index in [4.69, 9.17) is 25.1 Å². The Bertz CT molecular complexity index is 6830. The standard InChI is InChI=1S/C20H21FN4O2.C19H17FN4O2.C16H13FN4O.C14H11FN4.C12H15IN4O2.C8H6IN3O2/c1-20(2,3)27-19(26)23-18-11-15-16(24-25(4)17(15)12-22-18)10-7-13-5-8-14(21)9-6-13;1-26-17-7-3-11(10-21-17)2-6-16-14-8-12(19(25)22-13-4-5-13)9-15(20)18(14)24-23-16;1-10(22)19-16-8-13-14(20-21-15(13)9-18-16)7-4-11-2-5-12(17)6-3-11;15-10-4-1-9(2-5-10)3-6-12-11-7-14(16)17-8-13(11)19-18-12;1-12(2,3)19-11(18)15-9-5-7-8(6-14-9)17(4)16-10(7)13;1-12-6-3-10-5(8(13)14)2-4(6)7(9)11-12/h5-12H,1-4H3,(H,22,23,26);2-3,6-10,13H,4-5H2,1H3,(H,22,25)(H,23,24);2-9H,1H3,(H,20,21)(H,18,19,22);1-8H,(H2,16,17)(H,18,19);5-6H,1-4H3,(H,14,15,18);2-3H,1H3,(H,13,14)/b10-7+;6-2+;7-4+;6-3+;;. The molecule has 4 aromatic carbocycles. The number of carbonyl (C=O) groups is 5. The quantitative estimate of drug-likeness (QED) is 0.0340. The zero-order valence-electron chi connectivity index (χ0n) is 70.0. The zero-order chi connectivity index (χ0) is 91.0. The Balaban J connectivity index is 0.000000140. The van der Waals surface area contributed by atoms with Crippen LogP contribution in [0.3, 0.4) is 0 Å². The maximum atomic E-state index is 14.3. The van der Waals surface area contributed by atoms with Crippen LogP contribution in [-0.2, 0) is 35.4 Å². The van der Waals surface area contributed by atoms with Crippen molar-refractivity contribution < 1.29 is 60.9 Å². The number of nitrogens with one attached hydrogen (secondary N) is 7. The first-order valence-corrected chi connectivity index (χ1v) is 40.9. The second-order valence-corrected chi connectivity index (χ2v) is 32.2. The summed E-state index contributed by atoms with van der Waals surface area (Å²) in [6.07, 6.45) is 25.3. The van der Waals surface area contributed by atoms with Crippen molar-refractivity contribution in [2.24, 2.45) is 21.1 Å². The fourth-order valence-corrected chi connectivity index (χ4v) is 13.4. The van der Waals surface area contributed by atoms with Crippen LogP contribution in [0.4, 0.5) is 50.4 Å². The van der Waals surface area contributed by atoms with Crippen LogP contribution in [-0.4, -0.2) is 149 Å². The monoisotopic (exact) mass is 1950 g/mol. The van der Waals surface area contributed by atoms with E-state index in [1.807, 2.05) is 83.5 Å². The highest BCUT2D eigenvalue weighted by Gasteiger charge is 2.26. The molecule has 4 amide bonds. The number of pyridine rings is 6. The second-order valence-electron chi connectivity index (χ2n) is 30.2. The molecule has 1 aliphatic rings. The number of rotatable bonds is 15. The smallest absolute Gasteiger partial charge is 0.413 e. The fourth-order valence-electron chi connectivity index (χ4n) is 11.9. The van der Waals surface area contributed by atoms with Gasteiger partial charge in [0.1, 0.15) is 70.5 Å². The molecular formula is C89H83F4I2N23O9. The number of carbonyl (C=O) groups excluding carboxylic acids is 4. The number of ether oxygens (including phenoxy) is 3. The highest BCUT2D eigenvalue weighted by Crippen LogP contribution is 2.30. The minimum absolute atomic E-state index is 0.0448. The van der Waals surface area contributed by atoms with E-state index in [0.29, 0.717) is 57.2 Å². The van der Waals surface area contributed by atoms with Gasteiger partial charge in [0.05, 0.1) is 88.5 Å². The second kappa shape index (κ2) is 40.7. The Morgan fingerprint density at radius 3 is 1.43 bits per heavy atom. The molecule has 650 valence electrons. The first-order chi connectivity index (χ1) is 60.5. The van der Waals surface area contributed by atoms with Gasteiger partial charge in [0.15, 0.2) is 5.82 Å². The number of hydrogen-bond donors (Lipinski definition) is 9. The van der Waals surface area contributed by atoms with Crippen LogP contribution in [0, 0.1) is 30.7 Å². The molecule has 12 heterocycles. The minimum Gasteiger partial charge on any atom is -0.481 e. The molecule has 0 unspecified atom stereocenters.